The molecule has 0 bridgehead atoms. The van der Waals surface area contributed by atoms with Crippen LogP contribution in [0.25, 0.3) is 5.69 Å². The number of nitrogens with zero attached hydrogens (tertiary/aromatic N) is 3. The van der Waals surface area contributed by atoms with Crippen molar-refractivity contribution in [2.45, 2.75) is 6.92 Å². The van der Waals surface area contributed by atoms with E-state index in [2.05, 4.69) is 5.21 Å². The zero-order valence-electron chi connectivity index (χ0n) is 13.2. The highest BCUT2D eigenvalue weighted by Crippen LogP contribution is 2.09. The second-order valence-corrected chi connectivity index (χ2v) is 5.07. The molecule has 0 aliphatic rings. The smallest absolute Gasteiger partial charge is 0.335 e. The van der Waals surface area contributed by atoms with E-state index in [-0.39, 0.29) is 11.1 Å². The number of carboxylic acid groups (broad SMARTS) is 2. The van der Waals surface area contributed by atoms with Gasteiger partial charge in [-0.25, -0.2) is 9.59 Å². The Bertz CT molecular complexity index is 858. The van der Waals surface area contributed by atoms with Gasteiger partial charge in [-0.15, -0.1) is 9.53 Å². The second kappa shape index (κ2) is 7.73. The first-order valence-electron chi connectivity index (χ1n) is 7.15. The fraction of sp³-hybridized carbons (Fsp3) is 0.0588. The summed E-state index contributed by atoms with van der Waals surface area (Å²) in [5, 5.41) is 31.6. The third-order valence-electron chi connectivity index (χ3n) is 3.11. The minimum Gasteiger partial charge on any atom is -0.691 e. The summed E-state index contributed by atoms with van der Waals surface area (Å²) in [6.07, 6.45) is 2.97. The van der Waals surface area contributed by atoms with Crippen molar-refractivity contribution in [1.82, 2.24) is 9.90 Å². The van der Waals surface area contributed by atoms with E-state index in [1.807, 2.05) is 30.3 Å². The summed E-state index contributed by atoms with van der Waals surface area (Å²) in [5.41, 5.74) is 1.50. The normalized spacial score (nSPS) is 9.80. The van der Waals surface area contributed by atoms with Gasteiger partial charge in [0.2, 0.25) is 0 Å². The van der Waals surface area contributed by atoms with Crippen LogP contribution >= 0.6 is 0 Å². The van der Waals surface area contributed by atoms with Gasteiger partial charge in [-0.2, -0.15) is 0 Å². The number of benzene rings is 2. The largest absolute Gasteiger partial charge is 0.691 e. The molecule has 8 heteroatoms. The average Bonchev–Trinajstić information content (AvgIpc) is 3.02. The van der Waals surface area contributed by atoms with Gasteiger partial charge in [-0.3, -0.25) is 0 Å². The molecule has 0 saturated heterocycles. The van der Waals surface area contributed by atoms with Gasteiger partial charge in [-0.05, 0) is 42.8 Å². The van der Waals surface area contributed by atoms with Gasteiger partial charge in [-0.1, -0.05) is 18.2 Å². The molecule has 0 radical (unpaired) electrons. The van der Waals surface area contributed by atoms with E-state index < -0.39 is 11.9 Å². The van der Waals surface area contributed by atoms with E-state index in [9.17, 15) is 14.8 Å². The predicted molar refractivity (Wildman–Crippen MR) is 87.6 cm³/mol. The fourth-order valence-corrected chi connectivity index (χ4v) is 2.02. The van der Waals surface area contributed by atoms with Crippen LogP contribution in [0.3, 0.4) is 0 Å². The molecule has 0 spiro atoms. The zero-order valence-corrected chi connectivity index (χ0v) is 13.2. The zero-order chi connectivity index (χ0) is 18.4. The Morgan fingerprint density at radius 1 is 1.04 bits per heavy atom. The number of para-hydroxylation sites is 1. The Kier molecular flexibility index (Phi) is 5.47. The first kappa shape index (κ1) is 17.7. The third-order valence-corrected chi connectivity index (χ3v) is 3.11. The van der Waals surface area contributed by atoms with Crippen molar-refractivity contribution in [3.05, 3.63) is 82.8 Å². The van der Waals surface area contributed by atoms with E-state index in [1.54, 1.807) is 13.1 Å². The molecular formula is C17H15N3O5. The number of hydrogen-bond donors (Lipinski definition) is 2. The summed E-state index contributed by atoms with van der Waals surface area (Å²) in [6.45, 7) is 1.65. The third kappa shape index (κ3) is 4.90. The molecular weight excluding hydrogens is 326 g/mol. The number of aryl methyl sites for hydroxylation is 1. The molecule has 0 aliphatic heterocycles. The minimum atomic E-state index is -1.12. The summed E-state index contributed by atoms with van der Waals surface area (Å²) >= 11 is 0. The van der Waals surface area contributed by atoms with Gasteiger partial charge in [0, 0.05) is 0 Å². The Labute approximate surface area is 142 Å². The molecule has 0 saturated carbocycles. The lowest BCUT2D eigenvalue weighted by molar-refractivity contribution is -0.670. The van der Waals surface area contributed by atoms with Gasteiger partial charge >= 0.3 is 11.9 Å². The van der Waals surface area contributed by atoms with E-state index in [1.165, 1.54) is 23.0 Å². The highest BCUT2D eigenvalue weighted by atomic mass is 16.5. The number of carbonyl (C=O) groups is 2. The summed E-state index contributed by atoms with van der Waals surface area (Å²) in [7, 11) is 0. The molecule has 0 unspecified atom stereocenters. The number of aromatic nitrogens is 3. The lowest BCUT2D eigenvalue weighted by Crippen LogP contribution is -2.27. The Hall–Kier alpha value is -3.68. The van der Waals surface area contributed by atoms with Crippen LogP contribution < -0.4 is 4.85 Å². The van der Waals surface area contributed by atoms with Crippen LogP contribution in [0.2, 0.25) is 0 Å². The molecule has 0 amide bonds. The second-order valence-electron chi connectivity index (χ2n) is 5.07. The number of aromatic carboxylic acids is 2. The van der Waals surface area contributed by atoms with E-state index in [4.69, 9.17) is 10.2 Å². The van der Waals surface area contributed by atoms with Crippen molar-refractivity contribution in [2.75, 3.05) is 0 Å². The molecule has 0 atom stereocenters. The minimum absolute atomic E-state index is 0.00241. The highest BCUT2D eigenvalue weighted by molar-refractivity contribution is 5.94. The molecule has 25 heavy (non-hydrogen) atoms. The quantitative estimate of drug-likeness (QED) is 0.554. The van der Waals surface area contributed by atoms with Crippen molar-refractivity contribution in [1.29, 1.82) is 0 Å². The van der Waals surface area contributed by atoms with E-state index in [0.29, 0.717) is 10.4 Å². The number of carboxylic acids is 2. The molecule has 3 aromatic rings. The molecule has 0 fully saturated rings. The van der Waals surface area contributed by atoms with Gasteiger partial charge in [0.1, 0.15) is 0 Å². The topological polar surface area (TPSA) is 119 Å². The predicted octanol–water partition coefficient (Wildman–Crippen LogP) is 1.90. The van der Waals surface area contributed by atoms with Gasteiger partial charge in [0.05, 0.1) is 16.3 Å². The molecule has 2 N–H and O–H groups in total. The van der Waals surface area contributed by atoms with Crippen molar-refractivity contribution in [2.24, 2.45) is 0 Å². The molecule has 128 valence electrons. The summed E-state index contributed by atoms with van der Waals surface area (Å²) < 4.78 is 1.52. The molecule has 1 heterocycles. The average molecular weight is 341 g/mol. The maximum atomic E-state index is 10.6. The Balaban J connectivity index is 0.000000181. The van der Waals surface area contributed by atoms with Gasteiger partial charge < -0.3 is 15.4 Å². The Morgan fingerprint density at radius 2 is 1.60 bits per heavy atom. The molecule has 2 aromatic carbocycles. The van der Waals surface area contributed by atoms with Crippen LogP contribution in [0.5, 0.6) is 0 Å². The lowest BCUT2D eigenvalue weighted by Gasteiger charge is -1.99. The van der Waals surface area contributed by atoms with Crippen molar-refractivity contribution >= 4 is 11.9 Å². The highest BCUT2D eigenvalue weighted by Gasteiger charge is 2.09. The maximum Gasteiger partial charge on any atom is 0.335 e. The summed E-state index contributed by atoms with van der Waals surface area (Å²) in [4.78, 5) is 21.6. The maximum absolute atomic E-state index is 10.6. The van der Waals surface area contributed by atoms with Crippen LogP contribution in [0.15, 0.2) is 60.9 Å². The van der Waals surface area contributed by atoms with Crippen molar-refractivity contribution in [3.63, 3.8) is 0 Å². The van der Waals surface area contributed by atoms with E-state index in [0.717, 1.165) is 11.8 Å². The van der Waals surface area contributed by atoms with Crippen LogP contribution in [0.1, 0.15) is 26.3 Å². The molecule has 8 nitrogen and oxygen atoms in total. The number of rotatable bonds is 3. The summed E-state index contributed by atoms with van der Waals surface area (Å²) in [5.74, 6) is -2.24. The monoisotopic (exact) mass is 341 g/mol. The van der Waals surface area contributed by atoms with Gasteiger partial charge in [0.15, 0.2) is 18.1 Å². The lowest BCUT2D eigenvalue weighted by atomic mass is 10.1. The Morgan fingerprint density at radius 3 is 2.04 bits per heavy atom. The van der Waals surface area contributed by atoms with Crippen LogP contribution in [-0.4, -0.2) is 32.0 Å². The van der Waals surface area contributed by atoms with E-state index >= 15 is 0 Å². The molecule has 3 rings (SSSR count). The van der Waals surface area contributed by atoms with Crippen molar-refractivity contribution in [3.8, 4) is 5.69 Å². The number of hydrogen-bond acceptors (Lipinski definition) is 4. The fourth-order valence-electron chi connectivity index (χ4n) is 2.02. The molecule has 1 aromatic heterocycles. The first-order chi connectivity index (χ1) is 11.9. The van der Waals surface area contributed by atoms with Crippen LogP contribution in [-0.2, 0) is 0 Å². The van der Waals surface area contributed by atoms with Crippen LogP contribution in [0.4, 0.5) is 0 Å². The van der Waals surface area contributed by atoms with Crippen LogP contribution in [0, 0.1) is 12.1 Å². The standard InChI is InChI=1S/C9H8O4.C8H7N3O/c1-5-2-6(8(10)11)4-7(3-5)9(12)13;12-11-7-6-10(9-11)8-4-2-1-3-5-8/h2-4H,1H3,(H,10,11)(H,12,13);1-7H. The van der Waals surface area contributed by atoms with Crippen molar-refractivity contribution < 1.29 is 24.6 Å². The first-order valence-corrected chi connectivity index (χ1v) is 7.15. The van der Waals surface area contributed by atoms with Gasteiger partial charge in [0.25, 0.3) is 0 Å². The summed E-state index contributed by atoms with van der Waals surface area (Å²) in [6, 6.07) is 13.5. The SMILES string of the molecule is Cc1cc(C(=O)O)cc(C(=O)O)c1.[O-][n+]1ccn(-c2ccccc2)n1. The molecule has 0 aliphatic carbocycles.